The van der Waals surface area contributed by atoms with Crippen LogP contribution in [0, 0.1) is 0 Å². The highest BCUT2D eigenvalue weighted by Gasteiger charge is 2.24. The molecule has 1 aliphatic rings. The number of hydrogen-bond donors (Lipinski definition) is 1. The van der Waals surface area contributed by atoms with Crippen LogP contribution in [0.5, 0.6) is 5.75 Å². The van der Waals surface area contributed by atoms with Crippen molar-refractivity contribution < 1.29 is 9.90 Å². The van der Waals surface area contributed by atoms with Gasteiger partial charge in [0.1, 0.15) is 5.75 Å². The maximum absolute atomic E-state index is 12.6. The van der Waals surface area contributed by atoms with E-state index in [2.05, 4.69) is 21.9 Å². The third-order valence-electron chi connectivity index (χ3n) is 4.72. The molecule has 1 N–H and O–H groups in total. The molecule has 2 aromatic heterocycles. The molecule has 6 heteroatoms. The van der Waals surface area contributed by atoms with Crippen LogP contribution in [0.2, 0.25) is 0 Å². The van der Waals surface area contributed by atoms with Crippen LogP contribution in [0.4, 0.5) is 0 Å². The highest BCUT2D eigenvalue weighted by Crippen LogP contribution is 2.19. The van der Waals surface area contributed by atoms with Crippen LogP contribution in [-0.2, 0) is 6.54 Å². The van der Waals surface area contributed by atoms with Gasteiger partial charge >= 0.3 is 0 Å². The lowest BCUT2D eigenvalue weighted by molar-refractivity contribution is 0.0756. The van der Waals surface area contributed by atoms with E-state index in [9.17, 15) is 9.90 Å². The van der Waals surface area contributed by atoms with Crippen molar-refractivity contribution >= 4 is 5.91 Å². The quantitative estimate of drug-likeness (QED) is 0.925. The molecule has 0 spiro atoms. The van der Waals surface area contributed by atoms with Crippen molar-refractivity contribution in [3.8, 4) is 5.75 Å². The van der Waals surface area contributed by atoms with E-state index in [1.165, 1.54) is 18.5 Å². The van der Waals surface area contributed by atoms with Crippen molar-refractivity contribution in [1.82, 2.24) is 19.8 Å². The average molecular weight is 340 g/mol. The maximum atomic E-state index is 12.6. The molecule has 1 fully saturated rings. The molecule has 25 heavy (non-hydrogen) atoms. The lowest BCUT2D eigenvalue weighted by Crippen LogP contribution is -2.35. The summed E-state index contributed by atoms with van der Waals surface area (Å²) in [5.74, 6) is -0.0370. The van der Waals surface area contributed by atoms with Crippen molar-refractivity contribution in [1.29, 1.82) is 0 Å². The Morgan fingerprint density at radius 3 is 2.96 bits per heavy atom. The highest BCUT2D eigenvalue weighted by atomic mass is 16.3. The second-order valence-corrected chi connectivity index (χ2v) is 6.54. The molecular weight excluding hydrogens is 316 g/mol. The number of pyridine rings is 2. The first-order valence-corrected chi connectivity index (χ1v) is 8.67. The number of amides is 1. The molecule has 6 nitrogen and oxygen atoms in total. The van der Waals surface area contributed by atoms with Gasteiger partial charge < -0.3 is 10.0 Å². The normalized spacial score (nSPS) is 18.2. The Morgan fingerprint density at radius 1 is 1.32 bits per heavy atom. The summed E-state index contributed by atoms with van der Waals surface area (Å²) in [6.07, 6.45) is 7.63. The molecule has 3 rings (SSSR count). The first-order chi connectivity index (χ1) is 12.1. The largest absolute Gasteiger partial charge is 0.506 e. The zero-order valence-corrected chi connectivity index (χ0v) is 14.5. The fraction of sp³-hybridized carbons (Fsp3) is 0.421. The molecule has 1 atom stereocenters. The van der Waals surface area contributed by atoms with Gasteiger partial charge in [-0.25, -0.2) is 0 Å². The van der Waals surface area contributed by atoms with Crippen LogP contribution in [-0.4, -0.2) is 57.0 Å². The molecule has 1 amide bonds. The lowest BCUT2D eigenvalue weighted by Gasteiger charge is -2.27. The summed E-state index contributed by atoms with van der Waals surface area (Å²) in [5, 5.41) is 9.53. The number of aromatic nitrogens is 2. The lowest BCUT2D eigenvalue weighted by atomic mass is 10.1. The van der Waals surface area contributed by atoms with E-state index in [0.717, 1.165) is 38.0 Å². The van der Waals surface area contributed by atoms with Gasteiger partial charge in [0.05, 0.1) is 17.5 Å². The summed E-state index contributed by atoms with van der Waals surface area (Å²) in [6.45, 7) is 2.27. The molecule has 0 aromatic carbocycles. The Balaban J connectivity index is 1.59. The van der Waals surface area contributed by atoms with E-state index < -0.39 is 0 Å². The summed E-state index contributed by atoms with van der Waals surface area (Å²) in [7, 11) is 2.12. The molecule has 2 aromatic rings. The van der Waals surface area contributed by atoms with Crippen LogP contribution >= 0.6 is 0 Å². The summed E-state index contributed by atoms with van der Waals surface area (Å²) in [6, 6.07) is 7.88. The van der Waals surface area contributed by atoms with Gasteiger partial charge in [-0.1, -0.05) is 6.07 Å². The van der Waals surface area contributed by atoms with Gasteiger partial charge in [0.15, 0.2) is 0 Å². The number of hydrogen-bond acceptors (Lipinski definition) is 5. The predicted molar refractivity (Wildman–Crippen MR) is 95.1 cm³/mol. The van der Waals surface area contributed by atoms with Gasteiger partial charge in [-0.05, 0) is 44.5 Å². The van der Waals surface area contributed by atoms with Crippen LogP contribution in [0.25, 0.3) is 0 Å². The number of rotatable bonds is 4. The minimum absolute atomic E-state index is 0.0219. The maximum Gasteiger partial charge on any atom is 0.255 e. The van der Waals surface area contributed by atoms with Crippen LogP contribution < -0.4 is 0 Å². The van der Waals surface area contributed by atoms with Crippen molar-refractivity contribution in [2.75, 3.05) is 20.1 Å². The van der Waals surface area contributed by atoms with Gasteiger partial charge in [-0.15, -0.1) is 0 Å². The van der Waals surface area contributed by atoms with Crippen molar-refractivity contribution in [2.45, 2.75) is 31.8 Å². The molecule has 0 radical (unpaired) electrons. The van der Waals surface area contributed by atoms with Gasteiger partial charge in [0.25, 0.3) is 5.91 Å². The molecule has 132 valence electrons. The Bertz CT molecular complexity index is 708. The van der Waals surface area contributed by atoms with E-state index >= 15 is 0 Å². The monoisotopic (exact) mass is 340 g/mol. The molecule has 1 saturated heterocycles. The zero-order valence-electron chi connectivity index (χ0n) is 14.5. The predicted octanol–water partition coefficient (Wildman–Crippen LogP) is 2.31. The van der Waals surface area contributed by atoms with Crippen LogP contribution in [0.3, 0.4) is 0 Å². The first kappa shape index (κ1) is 17.4. The molecule has 3 heterocycles. The third-order valence-corrected chi connectivity index (χ3v) is 4.72. The Labute approximate surface area is 148 Å². The molecule has 0 saturated carbocycles. The third kappa shape index (κ3) is 4.54. The number of nitrogens with zero attached hydrogens (tertiary/aromatic N) is 4. The number of carbonyl (C=O) groups is 1. The summed E-state index contributed by atoms with van der Waals surface area (Å²) >= 11 is 0. The number of likely N-dealkylation sites (tertiary alicyclic amines) is 1. The first-order valence-electron chi connectivity index (χ1n) is 8.67. The van der Waals surface area contributed by atoms with Crippen molar-refractivity contribution in [3.05, 3.63) is 54.1 Å². The van der Waals surface area contributed by atoms with Gasteiger partial charge in [-0.3, -0.25) is 19.7 Å². The number of carbonyl (C=O) groups excluding carboxylic acids is 1. The summed E-state index contributed by atoms with van der Waals surface area (Å²) < 4.78 is 0. The van der Waals surface area contributed by atoms with Crippen LogP contribution in [0.15, 0.2) is 42.9 Å². The van der Waals surface area contributed by atoms with Gasteiger partial charge in [0, 0.05) is 38.1 Å². The molecule has 1 unspecified atom stereocenters. The number of aromatic hydroxyl groups is 1. The summed E-state index contributed by atoms with van der Waals surface area (Å²) in [5.41, 5.74) is 1.51. The smallest absolute Gasteiger partial charge is 0.255 e. The molecule has 1 aliphatic heterocycles. The second-order valence-electron chi connectivity index (χ2n) is 6.54. The molecule has 0 aliphatic carbocycles. The Morgan fingerprint density at radius 2 is 2.20 bits per heavy atom. The van der Waals surface area contributed by atoms with E-state index in [0.29, 0.717) is 18.2 Å². The second kappa shape index (κ2) is 8.07. The molecular formula is C19H24N4O2. The topological polar surface area (TPSA) is 69.6 Å². The minimum atomic E-state index is -0.0589. The van der Waals surface area contributed by atoms with Gasteiger partial charge in [-0.2, -0.15) is 0 Å². The Hall–Kier alpha value is -2.47. The fourth-order valence-electron chi connectivity index (χ4n) is 3.33. The van der Waals surface area contributed by atoms with Crippen LogP contribution in [0.1, 0.15) is 35.3 Å². The van der Waals surface area contributed by atoms with E-state index in [1.54, 1.807) is 0 Å². The summed E-state index contributed by atoms with van der Waals surface area (Å²) in [4.78, 5) is 25.1. The standard InChI is InChI=1S/C19H24N4O2/c1-22(14-16-5-2-3-8-21-16)17-6-4-9-23(10-7-17)19(25)15-11-18(24)13-20-12-15/h2-3,5,8,11-13,17,24H,4,6-7,9-10,14H2,1H3. The average Bonchev–Trinajstić information content (AvgIpc) is 2.88. The SMILES string of the molecule is CN(Cc1ccccn1)C1CCCN(C(=O)c2cncc(O)c2)CC1. The zero-order chi connectivity index (χ0) is 17.6. The Kier molecular flexibility index (Phi) is 5.60. The highest BCUT2D eigenvalue weighted by molar-refractivity contribution is 5.94. The van der Waals surface area contributed by atoms with Gasteiger partial charge in [0.2, 0.25) is 0 Å². The van der Waals surface area contributed by atoms with E-state index in [-0.39, 0.29) is 11.7 Å². The van der Waals surface area contributed by atoms with E-state index in [1.807, 2.05) is 29.3 Å². The fourth-order valence-corrected chi connectivity index (χ4v) is 3.33. The minimum Gasteiger partial charge on any atom is -0.506 e. The van der Waals surface area contributed by atoms with Crippen molar-refractivity contribution in [3.63, 3.8) is 0 Å². The van der Waals surface area contributed by atoms with Crippen molar-refractivity contribution in [2.24, 2.45) is 0 Å². The van der Waals surface area contributed by atoms with E-state index in [4.69, 9.17) is 0 Å². The molecule has 0 bridgehead atoms.